The molecule has 0 aliphatic heterocycles. The van der Waals surface area contributed by atoms with Crippen LogP contribution in [0.3, 0.4) is 0 Å². The zero-order valence-corrected chi connectivity index (χ0v) is 8.58. The van der Waals surface area contributed by atoms with Crippen molar-refractivity contribution >= 4 is 17.4 Å². The first-order valence-corrected chi connectivity index (χ1v) is 5.12. The summed E-state index contributed by atoms with van der Waals surface area (Å²) in [4.78, 5) is 10.8. The summed E-state index contributed by atoms with van der Waals surface area (Å²) < 4.78 is 0. The Labute approximate surface area is 86.1 Å². The lowest BCUT2D eigenvalue weighted by Gasteiger charge is -2.02. The second-order valence-electron chi connectivity index (χ2n) is 2.80. The van der Waals surface area contributed by atoms with Gasteiger partial charge in [0, 0.05) is 11.8 Å². The lowest BCUT2D eigenvalue weighted by molar-refractivity contribution is -0.387. The SMILES string of the molecule is Cc1ccc([N+](=O)[O-])c(SCCO)c1. The van der Waals surface area contributed by atoms with Crippen molar-refractivity contribution in [3.05, 3.63) is 33.9 Å². The minimum absolute atomic E-state index is 0.0236. The van der Waals surface area contributed by atoms with Gasteiger partial charge in [-0.1, -0.05) is 6.07 Å². The molecule has 76 valence electrons. The van der Waals surface area contributed by atoms with E-state index in [1.165, 1.54) is 17.8 Å². The van der Waals surface area contributed by atoms with E-state index in [4.69, 9.17) is 5.11 Å². The van der Waals surface area contributed by atoms with Gasteiger partial charge in [-0.2, -0.15) is 0 Å². The molecule has 0 fully saturated rings. The summed E-state index contributed by atoms with van der Waals surface area (Å²) in [6, 6.07) is 4.97. The molecule has 4 nitrogen and oxygen atoms in total. The van der Waals surface area contributed by atoms with E-state index in [0.29, 0.717) is 10.6 Å². The molecule has 0 radical (unpaired) electrons. The Hall–Kier alpha value is -1.07. The highest BCUT2D eigenvalue weighted by Crippen LogP contribution is 2.29. The number of aliphatic hydroxyl groups excluding tert-OH is 1. The van der Waals surface area contributed by atoms with Gasteiger partial charge in [0.2, 0.25) is 0 Å². The number of aliphatic hydroxyl groups is 1. The average molecular weight is 213 g/mol. The van der Waals surface area contributed by atoms with Crippen molar-refractivity contribution < 1.29 is 10.0 Å². The number of rotatable bonds is 4. The maximum absolute atomic E-state index is 10.6. The summed E-state index contributed by atoms with van der Waals surface area (Å²) in [7, 11) is 0. The van der Waals surface area contributed by atoms with Crippen LogP contribution in [-0.2, 0) is 0 Å². The zero-order chi connectivity index (χ0) is 10.6. The van der Waals surface area contributed by atoms with Crippen LogP contribution in [0.25, 0.3) is 0 Å². The molecule has 0 aliphatic rings. The van der Waals surface area contributed by atoms with E-state index < -0.39 is 4.92 Å². The van der Waals surface area contributed by atoms with Crippen LogP contribution in [0.1, 0.15) is 5.56 Å². The van der Waals surface area contributed by atoms with E-state index in [2.05, 4.69) is 0 Å². The molecule has 0 amide bonds. The molecule has 0 bridgehead atoms. The molecule has 1 aromatic carbocycles. The van der Waals surface area contributed by atoms with Crippen molar-refractivity contribution in [1.29, 1.82) is 0 Å². The van der Waals surface area contributed by atoms with Gasteiger partial charge in [-0.05, 0) is 18.6 Å². The van der Waals surface area contributed by atoms with Crippen LogP contribution in [-0.4, -0.2) is 22.4 Å². The number of nitrogens with zero attached hydrogens (tertiary/aromatic N) is 1. The summed E-state index contributed by atoms with van der Waals surface area (Å²) >= 11 is 1.30. The van der Waals surface area contributed by atoms with Crippen LogP contribution in [0.4, 0.5) is 5.69 Å². The van der Waals surface area contributed by atoms with Gasteiger partial charge in [0.1, 0.15) is 0 Å². The molecule has 1 rings (SSSR count). The molecular weight excluding hydrogens is 202 g/mol. The summed E-state index contributed by atoms with van der Waals surface area (Å²) in [5, 5.41) is 19.3. The quantitative estimate of drug-likeness (QED) is 0.472. The molecule has 0 aliphatic carbocycles. The monoisotopic (exact) mass is 213 g/mol. The fourth-order valence-electron chi connectivity index (χ4n) is 1.04. The van der Waals surface area contributed by atoms with Gasteiger partial charge in [0.05, 0.1) is 16.4 Å². The van der Waals surface area contributed by atoms with Crippen LogP contribution >= 0.6 is 11.8 Å². The highest BCUT2D eigenvalue weighted by atomic mass is 32.2. The fourth-order valence-corrected chi connectivity index (χ4v) is 1.91. The van der Waals surface area contributed by atoms with Gasteiger partial charge in [-0.15, -0.1) is 11.8 Å². The van der Waals surface area contributed by atoms with Crippen LogP contribution < -0.4 is 0 Å². The largest absolute Gasteiger partial charge is 0.396 e. The average Bonchev–Trinajstić information content (AvgIpc) is 2.14. The fraction of sp³-hybridized carbons (Fsp3) is 0.333. The van der Waals surface area contributed by atoms with Crippen LogP contribution in [0.15, 0.2) is 23.1 Å². The predicted molar refractivity (Wildman–Crippen MR) is 55.6 cm³/mol. The molecule has 0 saturated carbocycles. The first-order chi connectivity index (χ1) is 6.65. The van der Waals surface area contributed by atoms with Gasteiger partial charge >= 0.3 is 0 Å². The lowest BCUT2D eigenvalue weighted by Crippen LogP contribution is -1.93. The second-order valence-corrected chi connectivity index (χ2v) is 3.94. The molecule has 1 N–H and O–H groups in total. The first-order valence-electron chi connectivity index (χ1n) is 4.14. The van der Waals surface area contributed by atoms with E-state index in [0.717, 1.165) is 5.56 Å². The number of hydrogen-bond acceptors (Lipinski definition) is 4. The molecule has 5 heteroatoms. The molecule has 0 unspecified atom stereocenters. The number of benzene rings is 1. The van der Waals surface area contributed by atoms with Crippen LogP contribution in [0.2, 0.25) is 0 Å². The molecule has 0 heterocycles. The molecule has 1 aromatic rings. The lowest BCUT2D eigenvalue weighted by atomic mass is 10.2. The third-order valence-corrected chi connectivity index (χ3v) is 2.69. The summed E-state index contributed by atoms with van der Waals surface area (Å²) in [5.74, 6) is 0.476. The Balaban J connectivity index is 2.97. The molecule has 0 atom stereocenters. The third kappa shape index (κ3) is 2.71. The highest BCUT2D eigenvalue weighted by molar-refractivity contribution is 7.99. The van der Waals surface area contributed by atoms with E-state index in [1.54, 1.807) is 12.1 Å². The Morgan fingerprint density at radius 1 is 1.57 bits per heavy atom. The molecule has 14 heavy (non-hydrogen) atoms. The Bertz CT molecular complexity index is 341. The summed E-state index contributed by atoms with van der Waals surface area (Å²) in [6.07, 6.45) is 0. The minimum Gasteiger partial charge on any atom is -0.396 e. The van der Waals surface area contributed by atoms with Crippen LogP contribution in [0.5, 0.6) is 0 Å². The van der Waals surface area contributed by atoms with Crippen molar-refractivity contribution in [1.82, 2.24) is 0 Å². The second kappa shape index (κ2) is 4.97. The molecule has 0 aromatic heterocycles. The number of hydrogen-bond donors (Lipinski definition) is 1. The van der Waals surface area contributed by atoms with Gasteiger partial charge in [0.25, 0.3) is 5.69 Å². The Morgan fingerprint density at radius 3 is 2.86 bits per heavy atom. The third-order valence-electron chi connectivity index (χ3n) is 1.66. The molecular formula is C9H11NO3S. The maximum Gasteiger partial charge on any atom is 0.282 e. The van der Waals surface area contributed by atoms with E-state index >= 15 is 0 Å². The van der Waals surface area contributed by atoms with Gasteiger partial charge in [0.15, 0.2) is 0 Å². The normalized spacial score (nSPS) is 10.1. The van der Waals surface area contributed by atoms with Gasteiger partial charge < -0.3 is 5.11 Å². The first kappa shape index (κ1) is 11.0. The summed E-state index contributed by atoms with van der Waals surface area (Å²) in [5.41, 5.74) is 1.09. The van der Waals surface area contributed by atoms with Gasteiger partial charge in [-0.3, -0.25) is 10.1 Å². The van der Waals surface area contributed by atoms with Crippen molar-refractivity contribution in [3.8, 4) is 0 Å². The van der Waals surface area contributed by atoms with E-state index in [9.17, 15) is 10.1 Å². The van der Waals surface area contributed by atoms with E-state index in [1.807, 2.05) is 6.92 Å². The molecule has 0 spiro atoms. The molecule has 0 saturated heterocycles. The number of nitro groups is 1. The zero-order valence-electron chi connectivity index (χ0n) is 7.77. The predicted octanol–water partition coefficient (Wildman–Crippen LogP) is 1.99. The Morgan fingerprint density at radius 2 is 2.29 bits per heavy atom. The van der Waals surface area contributed by atoms with Crippen molar-refractivity contribution in [2.45, 2.75) is 11.8 Å². The maximum atomic E-state index is 10.6. The Kier molecular flexibility index (Phi) is 3.91. The standard InChI is InChI=1S/C9H11NO3S/c1-7-2-3-8(10(12)13)9(6-7)14-5-4-11/h2-3,6,11H,4-5H2,1H3. The topological polar surface area (TPSA) is 63.4 Å². The smallest absolute Gasteiger partial charge is 0.282 e. The van der Waals surface area contributed by atoms with Crippen LogP contribution in [0, 0.1) is 17.0 Å². The van der Waals surface area contributed by atoms with E-state index in [-0.39, 0.29) is 12.3 Å². The number of aryl methyl sites for hydroxylation is 1. The highest BCUT2D eigenvalue weighted by Gasteiger charge is 2.13. The van der Waals surface area contributed by atoms with Gasteiger partial charge in [-0.25, -0.2) is 0 Å². The number of nitro benzene ring substituents is 1. The summed E-state index contributed by atoms with van der Waals surface area (Å²) in [6.45, 7) is 1.91. The minimum atomic E-state index is -0.404. The van der Waals surface area contributed by atoms with Crippen molar-refractivity contribution in [2.24, 2.45) is 0 Å². The van der Waals surface area contributed by atoms with Crippen molar-refractivity contribution in [3.63, 3.8) is 0 Å². The van der Waals surface area contributed by atoms with Crippen molar-refractivity contribution in [2.75, 3.05) is 12.4 Å². The number of thioether (sulfide) groups is 1.